The Morgan fingerprint density at radius 2 is 1.72 bits per heavy atom. The van der Waals surface area contributed by atoms with Gasteiger partial charge in [-0.15, -0.1) is 0 Å². The van der Waals surface area contributed by atoms with Crippen molar-refractivity contribution in [1.29, 1.82) is 0 Å². The Kier molecular flexibility index (Phi) is 7.84. The molecule has 2 aliphatic carbocycles. The lowest BCUT2D eigenvalue weighted by Crippen LogP contribution is -3.07. The fourth-order valence-electron chi connectivity index (χ4n) is 4.22. The van der Waals surface area contributed by atoms with Gasteiger partial charge in [-0.3, -0.25) is 9.63 Å². The number of carbonyl (C=O) groups is 1. The molecule has 0 bridgehead atoms. The predicted octanol–water partition coefficient (Wildman–Crippen LogP) is 2.98. The highest BCUT2D eigenvalue weighted by Crippen LogP contribution is 2.48. The van der Waals surface area contributed by atoms with Crippen LogP contribution in [0.5, 0.6) is 0 Å². The lowest BCUT2D eigenvalue weighted by molar-refractivity contribution is -1.22. The highest BCUT2D eigenvalue weighted by Gasteiger charge is 2.68. The van der Waals surface area contributed by atoms with Gasteiger partial charge in [0.2, 0.25) is 5.78 Å². The number of hydrogen-bond donors (Lipinski definition) is 2. The zero-order valence-electron chi connectivity index (χ0n) is 21.3. The van der Waals surface area contributed by atoms with E-state index >= 15 is 0 Å². The van der Waals surface area contributed by atoms with E-state index in [1.54, 1.807) is 0 Å². The minimum absolute atomic E-state index is 0.131. The molecule has 184 valence electrons. The van der Waals surface area contributed by atoms with Gasteiger partial charge in [0.15, 0.2) is 11.7 Å². The number of allylic oxidation sites excluding steroid dienone is 1. The molecule has 0 heterocycles. The number of Topliss-reactive ketones (excluding diaryl/α,β-unsaturated/α-hetero) is 1. The molecule has 2 rings (SSSR count). The summed E-state index contributed by atoms with van der Waals surface area (Å²) in [5, 5.41) is 11.9. The van der Waals surface area contributed by atoms with Crippen molar-refractivity contribution >= 4 is 5.78 Å². The average Bonchev–Trinajstić information content (AvgIpc) is 3.14. The maximum absolute atomic E-state index is 12.6. The molecule has 32 heavy (non-hydrogen) atoms. The van der Waals surface area contributed by atoms with E-state index in [0.717, 1.165) is 11.1 Å². The summed E-state index contributed by atoms with van der Waals surface area (Å²) in [5.41, 5.74) is -0.310. The monoisotopic (exact) mass is 454 g/mol. The molecule has 0 saturated heterocycles. The Labute approximate surface area is 192 Å². The van der Waals surface area contributed by atoms with Gasteiger partial charge >= 0.3 is 0 Å². The van der Waals surface area contributed by atoms with Crippen molar-refractivity contribution in [2.75, 3.05) is 6.61 Å². The van der Waals surface area contributed by atoms with Crippen LogP contribution in [0.2, 0.25) is 0 Å². The van der Waals surface area contributed by atoms with Gasteiger partial charge in [-0.05, 0) is 49.7 Å². The highest BCUT2D eigenvalue weighted by atomic mass is 17.1. The number of ether oxygens (including phenoxy) is 1. The molecule has 1 fully saturated rings. The summed E-state index contributed by atoms with van der Waals surface area (Å²) in [6.45, 7) is 20.2. The molecular weight excluding hydrogens is 412 g/mol. The summed E-state index contributed by atoms with van der Waals surface area (Å²) in [5.74, 6) is 5.07. The van der Waals surface area contributed by atoms with E-state index in [4.69, 9.17) is 25.1 Å². The first-order chi connectivity index (χ1) is 14.5. The largest absolute Gasteiger partial charge is 0.566 e. The predicted molar refractivity (Wildman–Crippen MR) is 122 cm³/mol. The molecule has 0 amide bonds. The maximum Gasteiger partial charge on any atom is 0.202 e. The van der Waals surface area contributed by atoms with Crippen molar-refractivity contribution in [3.8, 4) is 0 Å². The average molecular weight is 455 g/mol. The number of hydrogen-bond acceptors (Lipinski definition) is 7. The van der Waals surface area contributed by atoms with Crippen LogP contribution in [-0.2, 0) is 24.0 Å². The molecule has 1 saturated carbocycles. The van der Waals surface area contributed by atoms with Crippen LogP contribution < -0.4 is 11.3 Å². The lowest BCUT2D eigenvalue weighted by Gasteiger charge is -2.43. The van der Waals surface area contributed by atoms with E-state index in [1.807, 2.05) is 33.8 Å². The molecule has 8 nitrogen and oxygen atoms in total. The lowest BCUT2D eigenvalue weighted by atomic mass is 9.67. The molecule has 0 aromatic carbocycles. The van der Waals surface area contributed by atoms with E-state index in [9.17, 15) is 10.0 Å². The Bertz CT molecular complexity index is 756. The van der Waals surface area contributed by atoms with Crippen molar-refractivity contribution < 1.29 is 29.4 Å². The van der Waals surface area contributed by atoms with Gasteiger partial charge in [-0.2, -0.15) is 9.68 Å². The Morgan fingerprint density at radius 3 is 2.12 bits per heavy atom. The Morgan fingerprint density at radius 1 is 1.12 bits per heavy atom. The zero-order valence-corrected chi connectivity index (χ0v) is 21.3. The Balaban J connectivity index is 2.45. The number of rotatable bonds is 8. The van der Waals surface area contributed by atoms with Crippen LogP contribution in [0.4, 0.5) is 0 Å². The normalized spacial score (nSPS) is 30.1. The molecule has 0 aromatic heterocycles. The fraction of sp³-hybridized carbons (Fsp3) is 0.792. The third-order valence-electron chi connectivity index (χ3n) is 5.85. The number of carbonyl (C=O) groups excluding carboxylic acids is 1. The Hall–Kier alpha value is -1.13. The second kappa shape index (κ2) is 9.25. The van der Waals surface area contributed by atoms with Gasteiger partial charge in [0.1, 0.15) is 11.7 Å². The van der Waals surface area contributed by atoms with Crippen LogP contribution in [0.25, 0.3) is 0 Å². The van der Waals surface area contributed by atoms with Crippen LogP contribution in [0.1, 0.15) is 75.7 Å². The minimum atomic E-state index is -1.06. The van der Waals surface area contributed by atoms with E-state index in [-0.39, 0.29) is 22.5 Å². The summed E-state index contributed by atoms with van der Waals surface area (Å²) in [4.78, 5) is 28.7. The molecule has 5 atom stereocenters. The van der Waals surface area contributed by atoms with Crippen molar-refractivity contribution in [3.05, 3.63) is 28.5 Å². The van der Waals surface area contributed by atoms with Crippen LogP contribution in [0.15, 0.2) is 23.3 Å². The number of nitrogens with one attached hydrogen (secondary N) is 1. The molecule has 2 aliphatic rings. The van der Waals surface area contributed by atoms with Gasteiger partial charge in [0.25, 0.3) is 0 Å². The molecule has 0 radical (unpaired) electrons. The highest BCUT2D eigenvalue weighted by molar-refractivity contribution is 6.10. The van der Waals surface area contributed by atoms with Gasteiger partial charge in [0.05, 0.1) is 0 Å². The third kappa shape index (κ3) is 6.05. The van der Waals surface area contributed by atoms with E-state index in [2.05, 4.69) is 47.6 Å². The fourth-order valence-corrected chi connectivity index (χ4v) is 4.22. The van der Waals surface area contributed by atoms with Crippen LogP contribution in [0, 0.1) is 22.0 Å². The first-order valence-electron chi connectivity index (χ1n) is 11.3. The minimum Gasteiger partial charge on any atom is -0.566 e. The van der Waals surface area contributed by atoms with E-state index in [1.165, 1.54) is 0 Å². The van der Waals surface area contributed by atoms with Gasteiger partial charge in [-0.25, -0.2) is 5.90 Å². The SMILES string of the molecule is CCOC1(CC2=CC(C(C)(C)C)C(O[NH+]([O-])OC(C)(C)C)C(C(C)(C)C)=C2)C(=O)C1ON. The van der Waals surface area contributed by atoms with Gasteiger partial charge < -0.3 is 9.94 Å². The zero-order chi connectivity index (χ0) is 24.7. The first-order valence-corrected chi connectivity index (χ1v) is 11.3. The molecular formula is C24H42N2O6. The molecule has 3 N–H and O–H groups in total. The van der Waals surface area contributed by atoms with Gasteiger partial charge in [0, 0.05) is 18.9 Å². The van der Waals surface area contributed by atoms with Crippen molar-refractivity contribution in [1.82, 2.24) is 0 Å². The summed E-state index contributed by atoms with van der Waals surface area (Å²) in [6.07, 6.45) is 3.21. The standard InChI is InChI=1S/C24H42N2O6/c1-11-29-24(19(27)20(24)30-25)14-15-12-16(21(2,3)4)18(17(13-15)22(5,6)7)31-26(28)32-23(8,9)10/h12-13,16,18,20,26H,11,14,25H2,1-10H3. The summed E-state index contributed by atoms with van der Waals surface area (Å²) < 4.78 is 5.82. The topological polar surface area (TPSA) is 108 Å². The maximum atomic E-state index is 12.6. The van der Waals surface area contributed by atoms with E-state index < -0.39 is 28.8 Å². The van der Waals surface area contributed by atoms with E-state index in [0.29, 0.717) is 13.0 Å². The van der Waals surface area contributed by atoms with Crippen LogP contribution in [0.3, 0.4) is 0 Å². The van der Waals surface area contributed by atoms with Crippen LogP contribution in [-0.4, -0.2) is 35.8 Å². The summed E-state index contributed by atoms with van der Waals surface area (Å²) in [6, 6.07) is 0. The van der Waals surface area contributed by atoms with Crippen molar-refractivity contribution in [2.24, 2.45) is 22.6 Å². The first kappa shape index (κ1) is 27.1. The second-order valence-corrected chi connectivity index (χ2v) is 11.9. The number of nitrogens with two attached hydrogens (primary N) is 1. The summed E-state index contributed by atoms with van der Waals surface area (Å²) >= 11 is 0. The quantitative estimate of drug-likeness (QED) is 0.543. The number of ketones is 1. The third-order valence-corrected chi connectivity index (χ3v) is 5.85. The smallest absolute Gasteiger partial charge is 0.202 e. The van der Waals surface area contributed by atoms with Crippen molar-refractivity contribution in [3.63, 3.8) is 0 Å². The molecule has 0 aromatic rings. The van der Waals surface area contributed by atoms with Crippen molar-refractivity contribution in [2.45, 2.75) is 99.1 Å². The second-order valence-electron chi connectivity index (χ2n) is 11.9. The molecule has 0 aliphatic heterocycles. The number of quaternary nitrogens is 1. The summed E-state index contributed by atoms with van der Waals surface area (Å²) in [7, 11) is 0. The molecule has 0 spiro atoms. The molecule has 8 heteroatoms. The van der Waals surface area contributed by atoms with Crippen LogP contribution >= 0.6 is 0 Å². The molecule has 5 unspecified atom stereocenters. The van der Waals surface area contributed by atoms with Gasteiger partial charge in [-0.1, -0.05) is 59.1 Å².